The third kappa shape index (κ3) is 1.56. The monoisotopic (exact) mass is 394 g/mol. The summed E-state index contributed by atoms with van der Waals surface area (Å²) in [7, 11) is 0. The average Bonchev–Trinajstić information content (AvgIpc) is 2.98. The van der Waals surface area contributed by atoms with Crippen molar-refractivity contribution in [3.63, 3.8) is 0 Å². The van der Waals surface area contributed by atoms with Gasteiger partial charge in [-0.25, -0.2) is 0 Å². The SMILES string of the molecule is CC1=C(C)[P@@]2(=S)C[C@]1(C)C(C)=C2C1=C(C)[C@@]2(C)C[P@]1(=S)C(C)=C2C. The maximum absolute atomic E-state index is 6.46. The topological polar surface area (TPSA) is 0 Å². The number of hydrogen-bond acceptors (Lipinski definition) is 2. The van der Waals surface area contributed by atoms with Gasteiger partial charge in [0, 0.05) is 22.9 Å². The van der Waals surface area contributed by atoms with E-state index in [2.05, 4.69) is 55.4 Å². The summed E-state index contributed by atoms with van der Waals surface area (Å²) < 4.78 is 0. The fourth-order valence-corrected chi connectivity index (χ4v) is 19.3. The lowest BCUT2D eigenvalue weighted by Gasteiger charge is -2.34. The molecule has 0 aromatic rings. The molecule has 4 heterocycles. The van der Waals surface area contributed by atoms with Crippen LogP contribution in [0.25, 0.3) is 0 Å². The van der Waals surface area contributed by atoms with Crippen molar-refractivity contribution in [2.45, 2.75) is 55.4 Å². The van der Waals surface area contributed by atoms with E-state index in [1.54, 1.807) is 32.9 Å². The number of rotatable bonds is 1. The molecule has 0 spiro atoms. The van der Waals surface area contributed by atoms with Gasteiger partial charge in [-0.2, -0.15) is 0 Å². The molecule has 4 aliphatic rings. The standard InChI is InChI=1S/C20H28P2S2/c1-11-15(5)21(23)9-19(11,7)13(3)17(21)18-14(4)20(8)10-22(18,24)16(6)12(20)2/h9-10H2,1-8H3/t19-,20-,21-,22-/m0/s1. The minimum absolute atomic E-state index is 0.202. The Morgan fingerprint density at radius 3 is 1.17 bits per heavy atom. The third-order valence-corrected chi connectivity index (χ3v) is 19.5. The second-order valence-corrected chi connectivity index (χ2v) is 18.4. The Hall–Kier alpha value is 0.260. The van der Waals surface area contributed by atoms with E-state index in [4.69, 9.17) is 23.6 Å². The molecule has 4 atom stereocenters. The van der Waals surface area contributed by atoms with Crippen LogP contribution in [0.5, 0.6) is 0 Å². The van der Waals surface area contributed by atoms with Crippen LogP contribution in [0.15, 0.2) is 43.5 Å². The zero-order valence-electron chi connectivity index (χ0n) is 16.1. The van der Waals surface area contributed by atoms with Crippen molar-refractivity contribution in [3.05, 3.63) is 43.5 Å². The smallest absolute Gasteiger partial charge is 0.0155 e. The highest BCUT2D eigenvalue weighted by molar-refractivity contribution is 8.22. The molecule has 0 radical (unpaired) electrons. The Morgan fingerprint density at radius 2 is 0.917 bits per heavy atom. The van der Waals surface area contributed by atoms with Crippen molar-refractivity contribution in [3.8, 4) is 0 Å². The number of hydrogen-bond donors (Lipinski definition) is 0. The molecule has 0 nitrogen and oxygen atoms in total. The Labute approximate surface area is 157 Å². The molecule has 4 aliphatic heterocycles. The second-order valence-electron chi connectivity index (χ2n) is 8.83. The molecule has 4 heteroatoms. The molecule has 24 heavy (non-hydrogen) atoms. The van der Waals surface area contributed by atoms with Crippen LogP contribution >= 0.6 is 12.1 Å². The zero-order chi connectivity index (χ0) is 18.0. The van der Waals surface area contributed by atoms with E-state index >= 15 is 0 Å². The van der Waals surface area contributed by atoms with Crippen LogP contribution in [0, 0.1) is 10.8 Å². The van der Waals surface area contributed by atoms with Gasteiger partial charge >= 0.3 is 0 Å². The zero-order valence-corrected chi connectivity index (χ0v) is 19.5. The van der Waals surface area contributed by atoms with Crippen molar-refractivity contribution in [1.82, 2.24) is 0 Å². The van der Waals surface area contributed by atoms with Crippen LogP contribution in [-0.2, 0) is 23.6 Å². The van der Waals surface area contributed by atoms with Crippen molar-refractivity contribution < 1.29 is 0 Å². The Morgan fingerprint density at radius 1 is 0.625 bits per heavy atom. The van der Waals surface area contributed by atoms with Gasteiger partial charge in [0.25, 0.3) is 0 Å². The van der Waals surface area contributed by atoms with E-state index in [1.165, 1.54) is 23.0 Å². The molecule has 4 rings (SSSR count). The van der Waals surface area contributed by atoms with Crippen LogP contribution in [0.4, 0.5) is 0 Å². The predicted molar refractivity (Wildman–Crippen MR) is 117 cm³/mol. The van der Waals surface area contributed by atoms with Gasteiger partial charge in [0.1, 0.15) is 0 Å². The summed E-state index contributed by atoms with van der Waals surface area (Å²) in [6.07, 6.45) is 2.36. The normalized spacial score (nSPS) is 47.2. The molecule has 0 saturated heterocycles. The first-order valence-corrected chi connectivity index (χ1v) is 14.8. The van der Waals surface area contributed by atoms with Gasteiger partial charge in [-0.3, -0.25) is 0 Å². The summed E-state index contributed by atoms with van der Waals surface area (Å²) in [5.74, 6) is 0. The molecule has 0 unspecified atom stereocenters. The van der Waals surface area contributed by atoms with Gasteiger partial charge < -0.3 is 0 Å². The van der Waals surface area contributed by atoms with Crippen molar-refractivity contribution >= 4 is 35.7 Å². The minimum Gasteiger partial charge on any atom is -0.0879 e. The quantitative estimate of drug-likeness (QED) is 0.433. The highest BCUT2D eigenvalue weighted by Gasteiger charge is 2.59. The first-order valence-electron chi connectivity index (χ1n) is 8.85. The number of allylic oxidation sites excluding steroid dienone is 8. The summed E-state index contributed by atoms with van der Waals surface area (Å²) in [6, 6.07) is -3.24. The van der Waals surface area contributed by atoms with E-state index in [0.717, 1.165) is 0 Å². The molecule has 0 aliphatic carbocycles. The highest BCUT2D eigenvalue weighted by Crippen LogP contribution is 2.88. The van der Waals surface area contributed by atoms with Gasteiger partial charge in [-0.15, -0.1) is 0 Å². The van der Waals surface area contributed by atoms with Gasteiger partial charge in [-0.1, -0.05) is 59.8 Å². The molecule has 130 valence electrons. The van der Waals surface area contributed by atoms with E-state index in [0.29, 0.717) is 0 Å². The molecule has 0 aromatic carbocycles. The summed E-state index contributed by atoms with van der Waals surface area (Å²) in [5.41, 5.74) is 6.64. The summed E-state index contributed by atoms with van der Waals surface area (Å²) in [4.78, 5) is 0. The second kappa shape index (κ2) is 4.56. The minimum atomic E-state index is -1.62. The largest absolute Gasteiger partial charge is 0.0879 e. The van der Waals surface area contributed by atoms with Crippen molar-refractivity contribution in [2.75, 3.05) is 12.3 Å². The Bertz CT molecular complexity index is 878. The molecular formula is C20H28P2S2. The lowest BCUT2D eigenvalue weighted by molar-refractivity contribution is 0.557. The molecule has 0 amide bonds. The lowest BCUT2D eigenvalue weighted by Crippen LogP contribution is -2.19. The van der Waals surface area contributed by atoms with Crippen LogP contribution in [-0.4, -0.2) is 12.3 Å². The molecule has 0 N–H and O–H groups in total. The fraction of sp³-hybridized carbons (Fsp3) is 0.600. The van der Waals surface area contributed by atoms with Gasteiger partial charge in [0.15, 0.2) is 0 Å². The maximum atomic E-state index is 6.46. The van der Waals surface area contributed by atoms with Crippen LogP contribution in [0.1, 0.15) is 55.4 Å². The highest BCUT2D eigenvalue weighted by atomic mass is 32.4. The average molecular weight is 395 g/mol. The molecule has 0 saturated carbocycles. The van der Waals surface area contributed by atoms with Crippen molar-refractivity contribution in [1.29, 1.82) is 0 Å². The van der Waals surface area contributed by atoms with E-state index in [-0.39, 0.29) is 10.8 Å². The summed E-state index contributed by atoms with van der Waals surface area (Å²) in [5, 5.41) is 6.24. The van der Waals surface area contributed by atoms with E-state index in [1.807, 2.05) is 0 Å². The first-order chi connectivity index (χ1) is 10.9. The molecular weight excluding hydrogens is 366 g/mol. The number of fused-ring (bicyclic) bond motifs is 4. The van der Waals surface area contributed by atoms with Gasteiger partial charge in [-0.05, 0) is 75.1 Å². The van der Waals surface area contributed by atoms with Gasteiger partial charge in [0.2, 0.25) is 0 Å². The summed E-state index contributed by atoms with van der Waals surface area (Å²) >= 11 is 12.9. The Balaban J connectivity index is 2.05. The molecule has 0 fully saturated rings. The Kier molecular flexibility index (Phi) is 3.36. The van der Waals surface area contributed by atoms with Crippen LogP contribution < -0.4 is 0 Å². The van der Waals surface area contributed by atoms with Gasteiger partial charge in [0.05, 0.1) is 0 Å². The maximum Gasteiger partial charge on any atom is 0.0155 e. The predicted octanol–water partition coefficient (Wildman–Crippen LogP) is 7.15. The van der Waals surface area contributed by atoms with E-state index < -0.39 is 12.1 Å². The first kappa shape index (κ1) is 17.7. The summed E-state index contributed by atoms with van der Waals surface area (Å²) in [6.45, 7) is 18.9. The van der Waals surface area contributed by atoms with Crippen molar-refractivity contribution in [2.24, 2.45) is 10.8 Å². The third-order valence-electron chi connectivity index (χ3n) is 8.21. The lowest BCUT2D eigenvalue weighted by atomic mass is 9.76. The molecule has 4 bridgehead atoms. The van der Waals surface area contributed by atoms with Crippen LogP contribution in [0.3, 0.4) is 0 Å². The molecule has 0 aromatic heterocycles. The van der Waals surface area contributed by atoms with E-state index in [9.17, 15) is 0 Å². The van der Waals surface area contributed by atoms with Crippen LogP contribution in [0.2, 0.25) is 0 Å². The fourth-order valence-electron chi connectivity index (χ4n) is 5.76.